The smallest absolute Gasteiger partial charge is 0.152 e. The van der Waals surface area contributed by atoms with Crippen LogP contribution in [-0.4, -0.2) is 24.4 Å². The van der Waals surface area contributed by atoms with Crippen molar-refractivity contribution in [1.82, 2.24) is 19.3 Å². The van der Waals surface area contributed by atoms with Crippen molar-refractivity contribution >= 4 is 22.5 Å². The third-order valence-electron chi connectivity index (χ3n) is 3.21. The summed E-state index contributed by atoms with van der Waals surface area (Å²) in [7, 11) is 1.90. The molecule has 1 aromatic carbocycles. The highest BCUT2D eigenvalue weighted by atomic mass is 35.5. The van der Waals surface area contributed by atoms with E-state index in [0.29, 0.717) is 11.6 Å². The molecule has 0 aliphatic rings. The third-order valence-corrected chi connectivity index (χ3v) is 3.45. The average Bonchev–Trinajstić information content (AvgIpc) is 2.95. The van der Waals surface area contributed by atoms with Crippen LogP contribution in [0.25, 0.3) is 10.9 Å². The van der Waals surface area contributed by atoms with Crippen LogP contribution in [0.1, 0.15) is 11.4 Å². The minimum atomic E-state index is 0.00392. The summed E-state index contributed by atoms with van der Waals surface area (Å²) in [5.41, 5.74) is 1.87. The van der Waals surface area contributed by atoms with E-state index in [2.05, 4.69) is 10.2 Å². The average molecular weight is 277 g/mol. The van der Waals surface area contributed by atoms with Gasteiger partial charge in [-0.05, 0) is 12.1 Å². The molecule has 0 bridgehead atoms. The Balaban J connectivity index is 2.12. The lowest BCUT2D eigenvalue weighted by Gasteiger charge is -2.04. The summed E-state index contributed by atoms with van der Waals surface area (Å²) in [5, 5.41) is 19.0. The molecule has 0 spiro atoms. The molecule has 3 aromatic rings. The molecule has 0 radical (unpaired) electrons. The molecule has 0 saturated heterocycles. The Kier molecular flexibility index (Phi) is 3.00. The summed E-state index contributed by atoms with van der Waals surface area (Å²) < 4.78 is 3.89. The van der Waals surface area contributed by atoms with Crippen LogP contribution < -0.4 is 0 Å². The summed E-state index contributed by atoms with van der Waals surface area (Å²) in [6, 6.07) is 5.65. The Morgan fingerprint density at radius 3 is 2.89 bits per heavy atom. The molecule has 19 heavy (non-hydrogen) atoms. The third kappa shape index (κ3) is 2.11. The van der Waals surface area contributed by atoms with E-state index in [9.17, 15) is 5.11 Å². The number of hydrogen-bond donors (Lipinski definition) is 1. The molecule has 0 aliphatic heterocycles. The maximum Gasteiger partial charge on any atom is 0.152 e. The first kappa shape index (κ1) is 12.2. The lowest BCUT2D eigenvalue weighted by Crippen LogP contribution is -2.04. The van der Waals surface area contributed by atoms with Crippen molar-refractivity contribution in [1.29, 1.82) is 0 Å². The number of nitrogens with zero attached hydrogens (tertiary/aromatic N) is 4. The molecule has 0 saturated carbocycles. The standard InChI is InChI=1S/C13H13ClN4O/c1-17-8-15-16-13(17)6-18-5-9(7-19)11-3-2-10(14)4-12(11)18/h2-5,8,19H,6-7H2,1H3. The Morgan fingerprint density at radius 2 is 2.21 bits per heavy atom. The van der Waals surface area contributed by atoms with Gasteiger partial charge in [-0.3, -0.25) is 0 Å². The zero-order valence-electron chi connectivity index (χ0n) is 10.4. The Bertz CT molecular complexity index is 731. The number of benzene rings is 1. The Hall–Kier alpha value is -1.85. The number of aryl methyl sites for hydroxylation is 1. The molecule has 5 nitrogen and oxygen atoms in total. The lowest BCUT2D eigenvalue weighted by atomic mass is 10.2. The summed E-state index contributed by atoms with van der Waals surface area (Å²) in [5.74, 6) is 0.848. The van der Waals surface area contributed by atoms with Crippen LogP contribution in [0.3, 0.4) is 0 Å². The van der Waals surface area contributed by atoms with E-state index in [1.807, 2.05) is 40.6 Å². The molecule has 98 valence electrons. The Morgan fingerprint density at radius 1 is 1.37 bits per heavy atom. The normalized spacial score (nSPS) is 11.3. The van der Waals surface area contributed by atoms with Crippen molar-refractivity contribution in [2.24, 2.45) is 7.05 Å². The second-order valence-corrected chi connectivity index (χ2v) is 4.90. The number of aromatic nitrogens is 4. The van der Waals surface area contributed by atoms with Crippen molar-refractivity contribution in [3.63, 3.8) is 0 Å². The second-order valence-electron chi connectivity index (χ2n) is 4.46. The van der Waals surface area contributed by atoms with Gasteiger partial charge in [0.1, 0.15) is 6.33 Å². The fourth-order valence-corrected chi connectivity index (χ4v) is 2.37. The molecule has 0 amide bonds. The molecule has 0 fully saturated rings. The second kappa shape index (κ2) is 4.68. The van der Waals surface area contributed by atoms with Gasteiger partial charge in [0.05, 0.1) is 18.7 Å². The maximum absolute atomic E-state index is 9.42. The van der Waals surface area contributed by atoms with E-state index in [1.165, 1.54) is 0 Å². The van der Waals surface area contributed by atoms with Gasteiger partial charge in [-0.1, -0.05) is 17.7 Å². The highest BCUT2D eigenvalue weighted by Crippen LogP contribution is 2.25. The highest BCUT2D eigenvalue weighted by Gasteiger charge is 2.10. The number of aliphatic hydroxyl groups is 1. The van der Waals surface area contributed by atoms with Gasteiger partial charge in [0.15, 0.2) is 5.82 Å². The van der Waals surface area contributed by atoms with E-state index in [1.54, 1.807) is 6.33 Å². The molecule has 1 N–H and O–H groups in total. The van der Waals surface area contributed by atoms with Gasteiger partial charge < -0.3 is 14.2 Å². The van der Waals surface area contributed by atoms with Crippen LogP contribution in [0.5, 0.6) is 0 Å². The molecule has 0 unspecified atom stereocenters. The van der Waals surface area contributed by atoms with E-state index in [0.717, 1.165) is 22.3 Å². The fourth-order valence-electron chi connectivity index (χ4n) is 2.20. The maximum atomic E-state index is 9.42. The zero-order chi connectivity index (χ0) is 13.4. The molecule has 2 aromatic heterocycles. The first-order chi connectivity index (χ1) is 9.19. The van der Waals surface area contributed by atoms with Crippen LogP contribution in [0.15, 0.2) is 30.7 Å². The van der Waals surface area contributed by atoms with E-state index < -0.39 is 0 Å². The SMILES string of the molecule is Cn1cnnc1Cn1cc(CO)c2ccc(Cl)cc21. The first-order valence-electron chi connectivity index (χ1n) is 5.90. The highest BCUT2D eigenvalue weighted by molar-refractivity contribution is 6.31. The summed E-state index contributed by atoms with van der Waals surface area (Å²) in [6.07, 6.45) is 3.59. The molecular weight excluding hydrogens is 264 g/mol. The van der Waals surface area contributed by atoms with Crippen molar-refractivity contribution in [2.75, 3.05) is 0 Å². The van der Waals surface area contributed by atoms with Crippen molar-refractivity contribution < 1.29 is 5.11 Å². The molecule has 0 aliphatic carbocycles. The van der Waals surface area contributed by atoms with Crippen LogP contribution in [0.2, 0.25) is 5.02 Å². The Labute approximate surface area is 115 Å². The predicted octanol–water partition coefficient (Wildman–Crippen LogP) is 1.96. The molecule has 3 rings (SSSR count). The van der Waals surface area contributed by atoms with Crippen molar-refractivity contribution in [3.8, 4) is 0 Å². The van der Waals surface area contributed by atoms with Gasteiger partial charge >= 0.3 is 0 Å². The van der Waals surface area contributed by atoms with Gasteiger partial charge in [0, 0.05) is 29.2 Å². The van der Waals surface area contributed by atoms with Crippen molar-refractivity contribution in [3.05, 3.63) is 47.1 Å². The number of rotatable bonds is 3. The number of halogens is 1. The quantitative estimate of drug-likeness (QED) is 0.796. The van der Waals surface area contributed by atoms with Crippen molar-refractivity contribution in [2.45, 2.75) is 13.2 Å². The van der Waals surface area contributed by atoms with E-state index >= 15 is 0 Å². The monoisotopic (exact) mass is 276 g/mol. The van der Waals surface area contributed by atoms with E-state index in [-0.39, 0.29) is 6.61 Å². The molecule has 6 heteroatoms. The van der Waals surface area contributed by atoms with Gasteiger partial charge in [0.25, 0.3) is 0 Å². The van der Waals surface area contributed by atoms with Gasteiger partial charge in [-0.2, -0.15) is 0 Å². The first-order valence-corrected chi connectivity index (χ1v) is 6.28. The predicted molar refractivity (Wildman–Crippen MR) is 73.0 cm³/mol. The van der Waals surface area contributed by atoms with Crippen LogP contribution in [-0.2, 0) is 20.2 Å². The zero-order valence-corrected chi connectivity index (χ0v) is 11.2. The van der Waals surface area contributed by atoms with Gasteiger partial charge in [0.2, 0.25) is 0 Å². The summed E-state index contributed by atoms with van der Waals surface area (Å²) in [4.78, 5) is 0. The van der Waals surface area contributed by atoms with Crippen LogP contribution >= 0.6 is 11.6 Å². The minimum absolute atomic E-state index is 0.00392. The topological polar surface area (TPSA) is 55.9 Å². The molecular formula is C13H13ClN4O. The number of aliphatic hydroxyl groups excluding tert-OH is 1. The van der Waals surface area contributed by atoms with Crippen LogP contribution in [0.4, 0.5) is 0 Å². The van der Waals surface area contributed by atoms with E-state index in [4.69, 9.17) is 11.6 Å². The number of hydrogen-bond acceptors (Lipinski definition) is 3. The van der Waals surface area contributed by atoms with Gasteiger partial charge in [-0.15, -0.1) is 10.2 Å². The number of fused-ring (bicyclic) bond motifs is 1. The largest absolute Gasteiger partial charge is 0.392 e. The molecule has 0 atom stereocenters. The van der Waals surface area contributed by atoms with Crippen LogP contribution in [0, 0.1) is 0 Å². The molecule has 2 heterocycles. The minimum Gasteiger partial charge on any atom is -0.392 e. The lowest BCUT2D eigenvalue weighted by molar-refractivity contribution is 0.283. The summed E-state index contributed by atoms with van der Waals surface area (Å²) >= 11 is 6.05. The summed E-state index contributed by atoms with van der Waals surface area (Å²) in [6.45, 7) is 0.595. The van der Waals surface area contributed by atoms with Gasteiger partial charge in [-0.25, -0.2) is 0 Å². The fraction of sp³-hybridized carbons (Fsp3) is 0.231.